The number of benzene rings is 2. The fourth-order valence-electron chi connectivity index (χ4n) is 4.86. The van der Waals surface area contributed by atoms with Crippen LogP contribution in [0.1, 0.15) is 51.3 Å². The fourth-order valence-corrected chi connectivity index (χ4v) is 5.08. The van der Waals surface area contributed by atoms with Gasteiger partial charge in [-0.05, 0) is 75.1 Å². The maximum Gasteiger partial charge on any atom is 0.335 e. The molecule has 0 aliphatic carbocycles. The largest absolute Gasteiger partial charge is 0.363 e. The fraction of sp³-hybridized carbons (Fsp3) is 0.296. The predicted octanol–water partition coefficient (Wildman–Crippen LogP) is 5.59. The number of allylic oxidation sites excluding steroid dienone is 1. The van der Waals surface area contributed by atoms with Gasteiger partial charge in [0.1, 0.15) is 5.57 Å². The SMILES string of the molecule is CCc1ccccc1N1C(=O)NC(=O)/C(=C/c2cc3c(cc2Cl)N(CC)C(C)(C)C=C3C)C1=O. The molecule has 2 aliphatic heterocycles. The highest BCUT2D eigenvalue weighted by Gasteiger charge is 2.38. The zero-order valence-electron chi connectivity index (χ0n) is 20.0. The number of likely N-dealkylation sites (N-methyl/N-ethyl adjacent to an activating group) is 1. The standard InChI is InChI=1S/C27H28ClN3O3/c1-6-17-10-8-9-11-22(17)31-25(33)20(24(32)29-26(31)34)13-18-12-19-16(3)15-27(4,5)30(7-2)23(19)14-21(18)28/h8-15H,6-7H2,1-5H3,(H,29,32,34)/b20-13-. The molecule has 2 aliphatic rings. The molecule has 1 N–H and O–H groups in total. The van der Waals surface area contributed by atoms with Crippen molar-refractivity contribution in [2.75, 3.05) is 16.3 Å². The lowest BCUT2D eigenvalue weighted by molar-refractivity contribution is -0.122. The van der Waals surface area contributed by atoms with Crippen LogP contribution in [0.2, 0.25) is 5.02 Å². The lowest BCUT2D eigenvalue weighted by atomic mass is 9.87. The second-order valence-electron chi connectivity index (χ2n) is 9.06. The van der Waals surface area contributed by atoms with E-state index in [-0.39, 0.29) is 11.1 Å². The van der Waals surface area contributed by atoms with Crippen molar-refractivity contribution >= 4 is 52.5 Å². The Balaban J connectivity index is 1.81. The van der Waals surface area contributed by atoms with Gasteiger partial charge >= 0.3 is 6.03 Å². The van der Waals surface area contributed by atoms with Gasteiger partial charge in [-0.1, -0.05) is 42.8 Å². The number of amides is 4. The number of nitrogens with one attached hydrogen (secondary N) is 1. The number of urea groups is 1. The molecular weight excluding hydrogens is 450 g/mol. The van der Waals surface area contributed by atoms with Crippen LogP contribution in [0.3, 0.4) is 0 Å². The molecule has 1 fully saturated rings. The van der Waals surface area contributed by atoms with E-state index in [1.807, 2.05) is 38.1 Å². The maximum atomic E-state index is 13.4. The van der Waals surface area contributed by atoms with E-state index < -0.39 is 17.8 Å². The van der Waals surface area contributed by atoms with Gasteiger partial charge < -0.3 is 4.90 Å². The van der Waals surface area contributed by atoms with Gasteiger partial charge in [0.25, 0.3) is 11.8 Å². The summed E-state index contributed by atoms with van der Waals surface area (Å²) in [7, 11) is 0. The Morgan fingerprint density at radius 1 is 1.06 bits per heavy atom. The number of imide groups is 2. The minimum Gasteiger partial charge on any atom is -0.363 e. The summed E-state index contributed by atoms with van der Waals surface area (Å²) in [4.78, 5) is 42.0. The Labute approximate surface area is 204 Å². The van der Waals surface area contributed by atoms with Gasteiger partial charge in [0, 0.05) is 22.8 Å². The van der Waals surface area contributed by atoms with Crippen molar-refractivity contribution in [3.8, 4) is 0 Å². The van der Waals surface area contributed by atoms with Crippen molar-refractivity contribution in [1.29, 1.82) is 0 Å². The molecule has 0 radical (unpaired) electrons. The van der Waals surface area contributed by atoms with Crippen LogP contribution in [-0.2, 0) is 16.0 Å². The number of fused-ring (bicyclic) bond motifs is 1. The summed E-state index contributed by atoms with van der Waals surface area (Å²) in [5.41, 5.74) is 4.61. The molecule has 2 aromatic rings. The van der Waals surface area contributed by atoms with Crippen molar-refractivity contribution in [1.82, 2.24) is 5.32 Å². The van der Waals surface area contributed by atoms with E-state index >= 15 is 0 Å². The van der Waals surface area contributed by atoms with Gasteiger partial charge in [-0.25, -0.2) is 9.69 Å². The molecule has 0 unspecified atom stereocenters. The normalized spacial score (nSPS) is 18.7. The van der Waals surface area contributed by atoms with Crippen LogP contribution in [0.4, 0.5) is 16.2 Å². The second kappa shape index (κ2) is 8.76. The number of hydrogen-bond donors (Lipinski definition) is 1. The van der Waals surface area contributed by atoms with Gasteiger partial charge in [0.15, 0.2) is 0 Å². The van der Waals surface area contributed by atoms with Crippen LogP contribution in [-0.4, -0.2) is 29.9 Å². The van der Waals surface area contributed by atoms with Crippen molar-refractivity contribution in [2.45, 2.75) is 46.6 Å². The number of halogens is 1. The molecule has 4 amide bonds. The topological polar surface area (TPSA) is 69.7 Å². The quantitative estimate of drug-likeness (QED) is 0.460. The van der Waals surface area contributed by atoms with Gasteiger partial charge in [0.05, 0.1) is 11.2 Å². The second-order valence-corrected chi connectivity index (χ2v) is 9.46. The van der Waals surface area contributed by atoms with Crippen molar-refractivity contribution in [3.05, 3.63) is 69.8 Å². The molecule has 1 saturated heterocycles. The highest BCUT2D eigenvalue weighted by molar-refractivity contribution is 6.40. The van der Waals surface area contributed by atoms with Gasteiger partial charge in [-0.2, -0.15) is 0 Å². The van der Waals surface area contributed by atoms with Crippen LogP contribution < -0.4 is 15.1 Å². The number of carbonyl (C=O) groups is 3. The summed E-state index contributed by atoms with van der Waals surface area (Å²) >= 11 is 6.65. The number of nitrogens with zero attached hydrogens (tertiary/aromatic N) is 2. The number of anilines is 2. The average molecular weight is 478 g/mol. The molecule has 2 heterocycles. The van der Waals surface area contributed by atoms with E-state index in [9.17, 15) is 14.4 Å². The summed E-state index contributed by atoms with van der Waals surface area (Å²) in [6.45, 7) is 11.2. The van der Waals surface area contributed by atoms with Gasteiger partial charge in [0.2, 0.25) is 0 Å². The monoisotopic (exact) mass is 477 g/mol. The molecule has 34 heavy (non-hydrogen) atoms. The maximum absolute atomic E-state index is 13.4. The molecule has 0 spiro atoms. The Bertz CT molecular complexity index is 1280. The smallest absolute Gasteiger partial charge is 0.335 e. The number of rotatable bonds is 4. The minimum atomic E-state index is -0.760. The lowest BCUT2D eigenvalue weighted by Gasteiger charge is -2.43. The van der Waals surface area contributed by atoms with Crippen LogP contribution in [0, 0.1) is 0 Å². The van der Waals surface area contributed by atoms with Crippen LogP contribution >= 0.6 is 11.6 Å². The highest BCUT2D eigenvalue weighted by atomic mass is 35.5. The van der Waals surface area contributed by atoms with Crippen molar-refractivity contribution < 1.29 is 14.4 Å². The molecular formula is C27H28ClN3O3. The molecule has 0 bridgehead atoms. The molecule has 0 saturated carbocycles. The number of hydrogen-bond acceptors (Lipinski definition) is 4. The van der Waals surface area contributed by atoms with E-state index in [1.165, 1.54) is 6.08 Å². The van der Waals surface area contributed by atoms with Crippen LogP contribution in [0.15, 0.2) is 48.0 Å². The van der Waals surface area contributed by atoms with Crippen LogP contribution in [0.5, 0.6) is 0 Å². The first-order valence-corrected chi connectivity index (χ1v) is 11.8. The van der Waals surface area contributed by atoms with Crippen molar-refractivity contribution in [2.24, 2.45) is 0 Å². The number of carbonyl (C=O) groups excluding carboxylic acids is 3. The predicted molar refractivity (Wildman–Crippen MR) is 137 cm³/mol. The Morgan fingerprint density at radius 3 is 2.44 bits per heavy atom. The summed E-state index contributed by atoms with van der Waals surface area (Å²) in [6.07, 6.45) is 4.30. The zero-order valence-corrected chi connectivity index (χ0v) is 20.8. The van der Waals surface area contributed by atoms with Gasteiger partial charge in [-0.3, -0.25) is 14.9 Å². The third kappa shape index (κ3) is 3.92. The molecule has 0 aromatic heterocycles. The minimum absolute atomic E-state index is 0.141. The van der Waals surface area contributed by atoms with E-state index in [2.05, 4.69) is 37.1 Å². The Hall–Kier alpha value is -3.38. The average Bonchev–Trinajstić information content (AvgIpc) is 2.77. The summed E-state index contributed by atoms with van der Waals surface area (Å²) in [5, 5.41) is 2.72. The summed E-state index contributed by atoms with van der Waals surface area (Å²) < 4.78 is 0. The first kappa shape index (κ1) is 23.8. The first-order chi connectivity index (χ1) is 16.1. The third-order valence-electron chi connectivity index (χ3n) is 6.43. The van der Waals surface area contributed by atoms with Crippen molar-refractivity contribution in [3.63, 3.8) is 0 Å². The Morgan fingerprint density at radius 2 is 1.76 bits per heavy atom. The third-order valence-corrected chi connectivity index (χ3v) is 6.75. The highest BCUT2D eigenvalue weighted by Crippen LogP contribution is 2.41. The Kier molecular flexibility index (Phi) is 6.13. The van der Waals surface area contributed by atoms with E-state index in [0.29, 0.717) is 22.7 Å². The summed E-state index contributed by atoms with van der Waals surface area (Å²) in [5.74, 6) is -1.41. The number of para-hydroxylation sites is 1. The van der Waals surface area contributed by atoms with E-state index in [1.54, 1.807) is 12.1 Å². The van der Waals surface area contributed by atoms with E-state index in [0.717, 1.165) is 33.8 Å². The molecule has 2 aromatic carbocycles. The lowest BCUT2D eigenvalue weighted by Crippen LogP contribution is -2.54. The molecule has 4 rings (SSSR count). The molecule has 176 valence electrons. The molecule has 6 nitrogen and oxygen atoms in total. The van der Waals surface area contributed by atoms with Crippen LogP contribution in [0.25, 0.3) is 11.6 Å². The van der Waals surface area contributed by atoms with Gasteiger partial charge in [-0.15, -0.1) is 0 Å². The zero-order chi connectivity index (χ0) is 24.8. The summed E-state index contributed by atoms with van der Waals surface area (Å²) in [6, 6.07) is 10.2. The number of aryl methyl sites for hydroxylation is 1. The molecule has 7 heteroatoms. The van der Waals surface area contributed by atoms with E-state index in [4.69, 9.17) is 11.6 Å². The first-order valence-electron chi connectivity index (χ1n) is 11.4. The number of barbiturate groups is 1. The molecule has 0 atom stereocenters.